The van der Waals surface area contributed by atoms with Gasteiger partial charge in [0.1, 0.15) is 11.4 Å². The molecule has 1 aromatic rings. The molecule has 0 aliphatic carbocycles. The van der Waals surface area contributed by atoms with Gasteiger partial charge in [-0.25, -0.2) is 0 Å². The molecule has 0 aliphatic heterocycles. The Hall–Kier alpha value is -1.26. The van der Waals surface area contributed by atoms with Crippen LogP contribution in [0.3, 0.4) is 0 Å². The van der Waals surface area contributed by atoms with Crippen molar-refractivity contribution in [1.29, 1.82) is 0 Å². The molecule has 1 N–H and O–H groups in total. The third-order valence-electron chi connectivity index (χ3n) is 4.01. The van der Waals surface area contributed by atoms with Gasteiger partial charge in [0, 0.05) is 12.3 Å². The van der Waals surface area contributed by atoms with Gasteiger partial charge < -0.3 is 14.8 Å². The number of nitrogens with one attached hydrogen (secondary N) is 1. The minimum Gasteiger partial charge on any atom is -0.492 e. The van der Waals surface area contributed by atoms with Crippen LogP contribution in [-0.2, 0) is 9.53 Å². The molecule has 5 heteroatoms. The standard InChI is InChI=1S/C20H32ClNO3/c1-5-8-9-12-20(4,25-14-7-3)19(23)22-16-10-11-18(17(21)15-16)24-13-6-2/h10-11,15H,5-9,12-14H2,1-4H3,(H,22,23). The van der Waals surface area contributed by atoms with Crippen LogP contribution in [-0.4, -0.2) is 24.7 Å². The zero-order chi connectivity index (χ0) is 18.7. The number of hydrogen-bond acceptors (Lipinski definition) is 3. The lowest BCUT2D eigenvalue weighted by Crippen LogP contribution is -2.43. The van der Waals surface area contributed by atoms with Crippen molar-refractivity contribution in [3.63, 3.8) is 0 Å². The van der Waals surface area contributed by atoms with Gasteiger partial charge in [0.05, 0.1) is 11.6 Å². The van der Waals surface area contributed by atoms with Crippen LogP contribution in [0.1, 0.15) is 66.2 Å². The predicted molar refractivity (Wildman–Crippen MR) is 105 cm³/mol. The highest BCUT2D eigenvalue weighted by molar-refractivity contribution is 6.32. The molecule has 0 fully saturated rings. The number of halogens is 1. The number of rotatable bonds is 12. The second kappa shape index (κ2) is 11.4. The lowest BCUT2D eigenvalue weighted by molar-refractivity contribution is -0.140. The van der Waals surface area contributed by atoms with Crippen molar-refractivity contribution in [1.82, 2.24) is 0 Å². The zero-order valence-corrected chi connectivity index (χ0v) is 16.7. The first-order chi connectivity index (χ1) is 12.0. The molecule has 0 aliphatic rings. The Morgan fingerprint density at radius 1 is 1.12 bits per heavy atom. The van der Waals surface area contributed by atoms with Gasteiger partial charge in [-0.2, -0.15) is 0 Å². The van der Waals surface area contributed by atoms with Crippen LogP contribution in [0.5, 0.6) is 5.75 Å². The third kappa shape index (κ3) is 7.25. The van der Waals surface area contributed by atoms with Crippen LogP contribution < -0.4 is 10.1 Å². The summed E-state index contributed by atoms with van der Waals surface area (Å²) in [5, 5.41) is 3.43. The summed E-state index contributed by atoms with van der Waals surface area (Å²) >= 11 is 6.24. The lowest BCUT2D eigenvalue weighted by Gasteiger charge is -2.29. The van der Waals surface area contributed by atoms with Crippen molar-refractivity contribution in [2.75, 3.05) is 18.5 Å². The molecule has 1 unspecified atom stereocenters. The van der Waals surface area contributed by atoms with Crippen LogP contribution in [0.2, 0.25) is 5.02 Å². The summed E-state index contributed by atoms with van der Waals surface area (Å²) in [6, 6.07) is 5.31. The first-order valence-electron chi connectivity index (χ1n) is 9.34. The van der Waals surface area contributed by atoms with E-state index in [-0.39, 0.29) is 5.91 Å². The fourth-order valence-electron chi connectivity index (χ4n) is 2.46. The average molecular weight is 370 g/mol. The Morgan fingerprint density at radius 3 is 2.44 bits per heavy atom. The van der Waals surface area contributed by atoms with Gasteiger partial charge in [-0.15, -0.1) is 0 Å². The summed E-state index contributed by atoms with van der Waals surface area (Å²) in [6.07, 6.45) is 5.67. The molecule has 0 bridgehead atoms. The Bertz CT molecular complexity index is 536. The highest BCUT2D eigenvalue weighted by atomic mass is 35.5. The number of benzene rings is 1. The van der Waals surface area contributed by atoms with Gasteiger partial charge in [-0.05, 0) is 44.4 Å². The van der Waals surface area contributed by atoms with E-state index in [9.17, 15) is 4.79 Å². The van der Waals surface area contributed by atoms with Crippen molar-refractivity contribution < 1.29 is 14.3 Å². The molecule has 0 saturated carbocycles. The molecular formula is C20H32ClNO3. The molecule has 0 saturated heterocycles. The van der Waals surface area contributed by atoms with Crippen molar-refractivity contribution >= 4 is 23.2 Å². The Kier molecular flexibility index (Phi) is 9.91. The summed E-state index contributed by atoms with van der Waals surface area (Å²) in [5.74, 6) is 0.504. The zero-order valence-electron chi connectivity index (χ0n) is 16.0. The topological polar surface area (TPSA) is 47.6 Å². The van der Waals surface area contributed by atoms with Crippen molar-refractivity contribution in [2.24, 2.45) is 0 Å². The highest BCUT2D eigenvalue weighted by Gasteiger charge is 2.33. The normalized spacial score (nSPS) is 13.3. The van der Waals surface area contributed by atoms with Crippen LogP contribution in [0.15, 0.2) is 18.2 Å². The average Bonchev–Trinajstić information content (AvgIpc) is 2.59. The van der Waals surface area contributed by atoms with E-state index in [1.54, 1.807) is 18.2 Å². The smallest absolute Gasteiger partial charge is 0.256 e. The van der Waals surface area contributed by atoms with Crippen LogP contribution in [0.25, 0.3) is 0 Å². The number of amides is 1. The van der Waals surface area contributed by atoms with Crippen LogP contribution in [0, 0.1) is 0 Å². The quantitative estimate of drug-likeness (QED) is 0.471. The summed E-state index contributed by atoms with van der Waals surface area (Å²) in [6.45, 7) is 9.28. The van der Waals surface area contributed by atoms with Gasteiger partial charge in [0.2, 0.25) is 0 Å². The number of carbonyl (C=O) groups is 1. The molecule has 1 rings (SSSR count). The van der Waals surface area contributed by atoms with Crippen molar-refractivity contribution in [3.8, 4) is 5.75 Å². The molecule has 142 valence electrons. The molecule has 0 spiro atoms. The Balaban J connectivity index is 2.79. The first kappa shape index (κ1) is 21.8. The van der Waals surface area contributed by atoms with Gasteiger partial charge in [0.15, 0.2) is 0 Å². The Morgan fingerprint density at radius 2 is 1.84 bits per heavy atom. The summed E-state index contributed by atoms with van der Waals surface area (Å²) in [7, 11) is 0. The van der Waals surface area contributed by atoms with E-state index in [4.69, 9.17) is 21.1 Å². The second-order valence-electron chi connectivity index (χ2n) is 6.48. The molecule has 0 aromatic heterocycles. The number of hydrogen-bond donors (Lipinski definition) is 1. The number of ether oxygens (including phenoxy) is 2. The van der Waals surface area contributed by atoms with Crippen molar-refractivity contribution in [2.45, 2.75) is 71.8 Å². The van der Waals surface area contributed by atoms with E-state index in [0.29, 0.717) is 36.1 Å². The molecule has 1 atom stereocenters. The van der Waals surface area contributed by atoms with E-state index in [2.05, 4.69) is 12.2 Å². The minimum atomic E-state index is -0.824. The van der Waals surface area contributed by atoms with Crippen LogP contribution in [0.4, 0.5) is 5.69 Å². The maximum atomic E-state index is 12.8. The molecular weight excluding hydrogens is 338 g/mol. The van der Waals surface area contributed by atoms with E-state index < -0.39 is 5.60 Å². The predicted octanol–water partition coefficient (Wildman–Crippen LogP) is 5.83. The number of unbranched alkanes of at least 4 members (excludes halogenated alkanes) is 2. The molecule has 4 nitrogen and oxygen atoms in total. The van der Waals surface area contributed by atoms with E-state index in [1.165, 1.54) is 0 Å². The number of anilines is 1. The lowest BCUT2D eigenvalue weighted by atomic mass is 9.96. The molecule has 1 aromatic carbocycles. The summed E-state index contributed by atoms with van der Waals surface area (Å²) in [5.41, 5.74) is -0.171. The second-order valence-corrected chi connectivity index (χ2v) is 6.89. The summed E-state index contributed by atoms with van der Waals surface area (Å²) in [4.78, 5) is 12.8. The number of carbonyl (C=O) groups excluding carboxylic acids is 1. The van der Waals surface area contributed by atoms with Gasteiger partial charge in [-0.3, -0.25) is 4.79 Å². The molecule has 25 heavy (non-hydrogen) atoms. The highest BCUT2D eigenvalue weighted by Crippen LogP contribution is 2.29. The van der Waals surface area contributed by atoms with Gasteiger partial charge in [0.25, 0.3) is 5.91 Å². The summed E-state index contributed by atoms with van der Waals surface area (Å²) < 4.78 is 11.5. The maximum Gasteiger partial charge on any atom is 0.256 e. The fraction of sp³-hybridized carbons (Fsp3) is 0.650. The minimum absolute atomic E-state index is 0.129. The Labute approximate surface area is 157 Å². The van der Waals surface area contributed by atoms with E-state index in [1.807, 2.05) is 20.8 Å². The molecule has 0 heterocycles. The molecule has 0 radical (unpaired) electrons. The fourth-order valence-corrected chi connectivity index (χ4v) is 2.70. The third-order valence-corrected chi connectivity index (χ3v) is 4.31. The molecule has 1 amide bonds. The largest absolute Gasteiger partial charge is 0.492 e. The van der Waals surface area contributed by atoms with E-state index in [0.717, 1.165) is 32.1 Å². The van der Waals surface area contributed by atoms with Gasteiger partial charge in [-0.1, -0.05) is 51.6 Å². The van der Waals surface area contributed by atoms with Crippen molar-refractivity contribution in [3.05, 3.63) is 23.2 Å². The SMILES string of the molecule is CCCCCC(C)(OCCC)C(=O)Nc1ccc(OCCC)c(Cl)c1. The van der Waals surface area contributed by atoms with E-state index >= 15 is 0 Å². The van der Waals surface area contributed by atoms with Crippen LogP contribution >= 0.6 is 11.6 Å². The monoisotopic (exact) mass is 369 g/mol. The van der Waals surface area contributed by atoms with Gasteiger partial charge >= 0.3 is 0 Å². The maximum absolute atomic E-state index is 12.8. The first-order valence-corrected chi connectivity index (χ1v) is 9.72.